The molecule has 54 heavy (non-hydrogen) atoms. The van der Waals surface area contributed by atoms with Crippen molar-refractivity contribution >= 4 is 23.9 Å². The molecule has 1 radical (unpaired) electrons. The van der Waals surface area contributed by atoms with E-state index < -0.39 is 23.9 Å². The van der Waals surface area contributed by atoms with Crippen LogP contribution in [0.2, 0.25) is 0 Å². The van der Waals surface area contributed by atoms with Crippen molar-refractivity contribution in [3.63, 3.8) is 0 Å². The second kappa shape index (κ2) is 60.2. The Morgan fingerprint density at radius 1 is 0.315 bits per heavy atom. The van der Waals surface area contributed by atoms with Gasteiger partial charge in [-0.1, -0.05) is 180 Å². The molecule has 0 aromatic carbocycles. The fourth-order valence-corrected chi connectivity index (χ4v) is 4.91. The zero-order chi connectivity index (χ0) is 39.8. The van der Waals surface area contributed by atoms with Gasteiger partial charge in [0.1, 0.15) is 0 Å². The third-order valence-corrected chi connectivity index (χ3v) is 7.94. The maximum atomic E-state index is 10.1. The van der Waals surface area contributed by atoms with Crippen LogP contribution in [0.3, 0.4) is 0 Å². The average molecular weight is 866 g/mol. The van der Waals surface area contributed by atoms with Crippen molar-refractivity contribution in [3.8, 4) is 0 Å². The van der Waals surface area contributed by atoms with Crippen LogP contribution in [0.25, 0.3) is 0 Å². The molecule has 0 aliphatic carbocycles. The topological polar surface area (TPSA) is 149 Å². The Kier molecular flexibility index (Phi) is 71.3. The third-order valence-electron chi connectivity index (χ3n) is 7.94. The molecular weight excluding hydrogens is 785 g/mol. The fourth-order valence-electron chi connectivity index (χ4n) is 4.91. The Balaban J connectivity index is -0.000000140. The SMILES string of the molecule is CCCCCCCCC=CC(=O)O.CCCCCCCCC=CC(=O)O.CCCCCCCCC=CC(=O)O.CCCCCCCCC=CC(=O)O.[Cu].[Zn]. The summed E-state index contributed by atoms with van der Waals surface area (Å²) < 4.78 is 0. The van der Waals surface area contributed by atoms with Gasteiger partial charge in [0.25, 0.3) is 0 Å². The van der Waals surface area contributed by atoms with Crippen LogP contribution in [0.5, 0.6) is 0 Å². The largest absolute Gasteiger partial charge is 0.478 e. The van der Waals surface area contributed by atoms with Gasteiger partial charge in [-0.25, -0.2) is 19.2 Å². The van der Waals surface area contributed by atoms with Crippen LogP contribution in [0, 0.1) is 0 Å². The Labute approximate surface area is 354 Å². The summed E-state index contributed by atoms with van der Waals surface area (Å²) in [6, 6.07) is 0. The summed E-state index contributed by atoms with van der Waals surface area (Å²) in [6.45, 7) is 8.82. The minimum Gasteiger partial charge on any atom is -0.478 e. The first kappa shape index (κ1) is 63.9. The standard InChI is InChI=1S/4C11H20O2.Cu.Zn/c4*1-2-3-4-5-6-7-8-9-10-11(12)13;;/h4*9-10H,2-8H2,1H3,(H,12,13);;. The first-order valence-corrected chi connectivity index (χ1v) is 20.7. The van der Waals surface area contributed by atoms with Crippen molar-refractivity contribution in [3.05, 3.63) is 48.6 Å². The Morgan fingerprint density at radius 3 is 0.611 bits per heavy atom. The summed E-state index contributed by atoms with van der Waals surface area (Å²) in [5.41, 5.74) is 0. The number of hydrogen-bond donors (Lipinski definition) is 4. The molecule has 8 nitrogen and oxygen atoms in total. The first-order chi connectivity index (χ1) is 25.1. The first-order valence-electron chi connectivity index (χ1n) is 20.7. The number of carbonyl (C=O) groups is 4. The van der Waals surface area contributed by atoms with Gasteiger partial charge in [-0.2, -0.15) is 0 Å². The van der Waals surface area contributed by atoms with Gasteiger partial charge < -0.3 is 20.4 Å². The van der Waals surface area contributed by atoms with Crippen LogP contribution in [-0.2, 0) is 55.7 Å². The van der Waals surface area contributed by atoms with Gasteiger partial charge in [0, 0.05) is 60.9 Å². The van der Waals surface area contributed by atoms with Crippen LogP contribution < -0.4 is 0 Å². The molecule has 4 N–H and O–H groups in total. The number of unbranched alkanes of at least 4 members (excludes halogenated alkanes) is 24. The molecule has 0 rings (SSSR count). The number of aliphatic carboxylic acids is 4. The van der Waals surface area contributed by atoms with Crippen molar-refractivity contribution in [2.45, 2.75) is 207 Å². The summed E-state index contributed by atoms with van der Waals surface area (Å²) in [5.74, 6) is -3.37. The molecular formula is C44H80CuO8Zn. The van der Waals surface area contributed by atoms with Crippen molar-refractivity contribution in [1.29, 1.82) is 0 Å². The molecule has 0 aromatic rings. The van der Waals surface area contributed by atoms with E-state index in [1.54, 1.807) is 24.3 Å². The van der Waals surface area contributed by atoms with Crippen molar-refractivity contribution in [1.82, 2.24) is 0 Å². The summed E-state index contributed by atoms with van der Waals surface area (Å²) in [4.78, 5) is 40.3. The molecule has 317 valence electrons. The van der Waals surface area contributed by atoms with Crippen molar-refractivity contribution in [2.24, 2.45) is 0 Å². The Bertz CT molecular complexity index is 759. The fraction of sp³-hybridized carbons (Fsp3) is 0.727. The van der Waals surface area contributed by atoms with E-state index in [9.17, 15) is 19.2 Å². The van der Waals surface area contributed by atoms with Crippen LogP contribution in [0.15, 0.2) is 48.6 Å². The normalized spacial score (nSPS) is 10.4. The monoisotopic (exact) mass is 863 g/mol. The Morgan fingerprint density at radius 2 is 0.463 bits per heavy atom. The van der Waals surface area contributed by atoms with Gasteiger partial charge in [0.2, 0.25) is 0 Å². The molecule has 0 saturated carbocycles. The van der Waals surface area contributed by atoms with E-state index in [1.807, 2.05) is 0 Å². The number of allylic oxidation sites excluding steroid dienone is 4. The summed E-state index contributed by atoms with van der Waals surface area (Å²) in [6.07, 6.45) is 45.7. The van der Waals surface area contributed by atoms with Gasteiger partial charge >= 0.3 is 23.9 Å². The van der Waals surface area contributed by atoms with Crippen LogP contribution in [0.4, 0.5) is 0 Å². The smallest absolute Gasteiger partial charge is 0.327 e. The molecule has 0 aromatic heterocycles. The molecule has 0 amide bonds. The number of hydrogen-bond acceptors (Lipinski definition) is 4. The molecule has 10 heteroatoms. The third kappa shape index (κ3) is 83.1. The molecule has 0 bridgehead atoms. The van der Waals surface area contributed by atoms with Crippen LogP contribution in [0.1, 0.15) is 207 Å². The van der Waals surface area contributed by atoms with E-state index in [-0.39, 0.29) is 36.5 Å². The average Bonchev–Trinajstić information content (AvgIpc) is 3.10. The molecule has 0 fully saturated rings. The van der Waals surface area contributed by atoms with Gasteiger partial charge in [-0.05, 0) is 51.4 Å². The summed E-state index contributed by atoms with van der Waals surface area (Å²) in [7, 11) is 0. The van der Waals surface area contributed by atoms with Crippen LogP contribution >= 0.6 is 0 Å². The van der Waals surface area contributed by atoms with Crippen molar-refractivity contribution < 1.29 is 76.2 Å². The molecule has 0 aliphatic rings. The van der Waals surface area contributed by atoms with Gasteiger partial charge in [-0.3, -0.25) is 0 Å². The molecule has 0 heterocycles. The predicted octanol–water partition coefficient (Wildman–Crippen LogP) is 13.5. The quantitative estimate of drug-likeness (QED) is 0.0297. The molecule has 0 spiro atoms. The van der Waals surface area contributed by atoms with Crippen molar-refractivity contribution in [2.75, 3.05) is 0 Å². The Hall–Kier alpha value is -2.02. The van der Waals surface area contributed by atoms with Gasteiger partial charge in [0.15, 0.2) is 0 Å². The number of carboxylic acid groups (broad SMARTS) is 4. The van der Waals surface area contributed by atoms with E-state index in [2.05, 4.69) is 27.7 Å². The van der Waals surface area contributed by atoms with E-state index in [1.165, 1.54) is 153 Å². The maximum absolute atomic E-state index is 10.1. The minimum absolute atomic E-state index is 0. The second-order valence-corrected chi connectivity index (χ2v) is 13.2. The number of carboxylic acids is 4. The minimum atomic E-state index is -0.842. The van der Waals surface area contributed by atoms with Gasteiger partial charge in [-0.15, -0.1) is 0 Å². The van der Waals surface area contributed by atoms with E-state index in [0.29, 0.717) is 0 Å². The molecule has 0 saturated heterocycles. The van der Waals surface area contributed by atoms with E-state index in [4.69, 9.17) is 20.4 Å². The van der Waals surface area contributed by atoms with Crippen LogP contribution in [-0.4, -0.2) is 44.3 Å². The zero-order valence-corrected chi connectivity index (χ0v) is 38.8. The zero-order valence-electron chi connectivity index (χ0n) is 34.8. The van der Waals surface area contributed by atoms with Gasteiger partial charge in [0.05, 0.1) is 0 Å². The predicted molar refractivity (Wildman–Crippen MR) is 219 cm³/mol. The molecule has 0 aliphatic heterocycles. The second-order valence-electron chi connectivity index (χ2n) is 13.2. The summed E-state index contributed by atoms with van der Waals surface area (Å²) >= 11 is 0. The maximum Gasteiger partial charge on any atom is 0.327 e. The molecule has 0 unspecified atom stereocenters. The van der Waals surface area contributed by atoms with E-state index in [0.717, 1.165) is 51.4 Å². The number of rotatable bonds is 32. The summed E-state index contributed by atoms with van der Waals surface area (Å²) in [5, 5.41) is 33.2. The molecule has 0 atom stereocenters. The van der Waals surface area contributed by atoms with E-state index >= 15 is 0 Å².